The van der Waals surface area contributed by atoms with Crippen LogP contribution < -0.4 is 5.32 Å². The third-order valence-corrected chi connectivity index (χ3v) is 5.63. The van der Waals surface area contributed by atoms with Crippen LogP contribution in [0, 0.1) is 17.8 Å². The lowest BCUT2D eigenvalue weighted by Gasteiger charge is -2.49. The fourth-order valence-electron chi connectivity index (χ4n) is 3.80. The molecule has 1 heterocycles. The summed E-state index contributed by atoms with van der Waals surface area (Å²) in [5.74, 6) is 1.62. The molecule has 2 aliphatic carbocycles. The normalized spacial score (nSPS) is 34.1. The Morgan fingerprint density at radius 3 is 2.38 bits per heavy atom. The van der Waals surface area contributed by atoms with Crippen LogP contribution in [0.2, 0.25) is 0 Å². The number of piperazine rings is 1. The predicted molar refractivity (Wildman–Crippen MR) is 81.6 cm³/mol. The number of hydrogen-bond donors (Lipinski definition) is 1. The Labute approximate surface area is 127 Å². The molecule has 1 saturated heterocycles. The molecule has 0 bridgehead atoms. The van der Waals surface area contributed by atoms with E-state index in [9.17, 15) is 9.59 Å². The van der Waals surface area contributed by atoms with Gasteiger partial charge in [-0.3, -0.25) is 9.59 Å². The molecule has 4 nitrogen and oxygen atoms in total. The van der Waals surface area contributed by atoms with Gasteiger partial charge < -0.3 is 10.2 Å². The van der Waals surface area contributed by atoms with E-state index in [1.807, 2.05) is 11.8 Å². The standard InChI is InChI=1S/C17H28N2O2/c1-11(2)9-14-15(20)19(10-12-5-4-6-12)17(3,13-7-8-13)16(21)18-14/h11-14H,4-10H2,1-3H3,(H,18,21). The molecule has 2 unspecified atom stereocenters. The molecule has 21 heavy (non-hydrogen) atoms. The van der Waals surface area contributed by atoms with Crippen LogP contribution in [0.15, 0.2) is 0 Å². The van der Waals surface area contributed by atoms with Crippen LogP contribution in [0.4, 0.5) is 0 Å². The highest BCUT2D eigenvalue weighted by Crippen LogP contribution is 2.46. The molecule has 2 amide bonds. The van der Waals surface area contributed by atoms with Gasteiger partial charge in [-0.05, 0) is 56.8 Å². The lowest BCUT2D eigenvalue weighted by molar-refractivity contribution is -0.160. The highest BCUT2D eigenvalue weighted by atomic mass is 16.2. The van der Waals surface area contributed by atoms with Crippen molar-refractivity contribution in [3.8, 4) is 0 Å². The van der Waals surface area contributed by atoms with Gasteiger partial charge in [0.25, 0.3) is 0 Å². The van der Waals surface area contributed by atoms with E-state index in [0.717, 1.165) is 25.8 Å². The fourth-order valence-corrected chi connectivity index (χ4v) is 3.80. The Kier molecular flexibility index (Phi) is 3.74. The van der Waals surface area contributed by atoms with Gasteiger partial charge in [-0.1, -0.05) is 20.3 Å². The molecular formula is C17H28N2O2. The highest BCUT2D eigenvalue weighted by molar-refractivity contribution is 6.00. The lowest BCUT2D eigenvalue weighted by atomic mass is 9.81. The summed E-state index contributed by atoms with van der Waals surface area (Å²) in [6.07, 6.45) is 6.59. The molecule has 3 fully saturated rings. The molecule has 118 valence electrons. The first-order chi connectivity index (χ1) is 9.92. The summed E-state index contributed by atoms with van der Waals surface area (Å²) in [4.78, 5) is 27.6. The average molecular weight is 292 g/mol. The quantitative estimate of drug-likeness (QED) is 0.845. The molecule has 0 aromatic carbocycles. The van der Waals surface area contributed by atoms with Gasteiger partial charge in [0.05, 0.1) is 0 Å². The molecule has 0 spiro atoms. The smallest absolute Gasteiger partial charge is 0.246 e. The van der Waals surface area contributed by atoms with Crippen LogP contribution in [0.5, 0.6) is 0 Å². The second kappa shape index (κ2) is 5.29. The van der Waals surface area contributed by atoms with Crippen LogP contribution in [0.3, 0.4) is 0 Å². The predicted octanol–water partition coefficient (Wildman–Crippen LogP) is 2.33. The second-order valence-electron chi connectivity index (χ2n) is 7.82. The van der Waals surface area contributed by atoms with Gasteiger partial charge in [0.15, 0.2) is 0 Å². The average Bonchev–Trinajstić information content (AvgIpc) is 3.17. The summed E-state index contributed by atoms with van der Waals surface area (Å²) < 4.78 is 0. The van der Waals surface area contributed by atoms with Crippen molar-refractivity contribution < 1.29 is 9.59 Å². The van der Waals surface area contributed by atoms with E-state index < -0.39 is 5.54 Å². The van der Waals surface area contributed by atoms with E-state index in [2.05, 4.69) is 19.2 Å². The van der Waals surface area contributed by atoms with Gasteiger partial charge in [-0.2, -0.15) is 0 Å². The lowest BCUT2D eigenvalue weighted by Crippen LogP contribution is -2.71. The van der Waals surface area contributed by atoms with Crippen LogP contribution in [0.25, 0.3) is 0 Å². The van der Waals surface area contributed by atoms with Crippen molar-refractivity contribution in [1.29, 1.82) is 0 Å². The summed E-state index contributed by atoms with van der Waals surface area (Å²) in [5.41, 5.74) is -0.597. The summed E-state index contributed by atoms with van der Waals surface area (Å²) in [6.45, 7) is 6.98. The topological polar surface area (TPSA) is 49.4 Å². The van der Waals surface area contributed by atoms with E-state index in [-0.39, 0.29) is 17.9 Å². The maximum absolute atomic E-state index is 12.9. The van der Waals surface area contributed by atoms with Gasteiger partial charge in [-0.15, -0.1) is 0 Å². The van der Waals surface area contributed by atoms with Gasteiger partial charge >= 0.3 is 0 Å². The van der Waals surface area contributed by atoms with E-state index in [0.29, 0.717) is 17.8 Å². The molecule has 0 radical (unpaired) electrons. The van der Waals surface area contributed by atoms with E-state index >= 15 is 0 Å². The molecule has 4 heteroatoms. The van der Waals surface area contributed by atoms with Crippen LogP contribution in [0.1, 0.15) is 59.3 Å². The third kappa shape index (κ3) is 2.58. The van der Waals surface area contributed by atoms with Crippen molar-refractivity contribution in [2.75, 3.05) is 6.54 Å². The Balaban J connectivity index is 1.82. The molecular weight excluding hydrogens is 264 g/mol. The number of nitrogens with zero attached hydrogens (tertiary/aromatic N) is 1. The maximum Gasteiger partial charge on any atom is 0.246 e. The summed E-state index contributed by atoms with van der Waals surface area (Å²) in [5, 5.41) is 3.02. The first-order valence-corrected chi connectivity index (χ1v) is 8.55. The molecule has 0 aromatic heterocycles. The number of rotatable bonds is 5. The number of nitrogens with one attached hydrogen (secondary N) is 1. The van der Waals surface area contributed by atoms with Gasteiger partial charge in [0, 0.05) is 6.54 Å². The monoisotopic (exact) mass is 292 g/mol. The Hall–Kier alpha value is -1.06. The number of hydrogen-bond acceptors (Lipinski definition) is 2. The molecule has 2 saturated carbocycles. The molecule has 3 aliphatic rings. The van der Waals surface area contributed by atoms with E-state index in [1.165, 1.54) is 19.3 Å². The van der Waals surface area contributed by atoms with Gasteiger partial charge in [0.1, 0.15) is 11.6 Å². The number of carbonyl (C=O) groups excluding carboxylic acids is 2. The van der Waals surface area contributed by atoms with Crippen molar-refractivity contribution >= 4 is 11.8 Å². The fraction of sp³-hybridized carbons (Fsp3) is 0.882. The highest BCUT2D eigenvalue weighted by Gasteiger charge is 2.57. The van der Waals surface area contributed by atoms with Crippen LogP contribution in [-0.4, -0.2) is 34.8 Å². The van der Waals surface area contributed by atoms with Crippen LogP contribution in [-0.2, 0) is 9.59 Å². The minimum Gasteiger partial charge on any atom is -0.342 e. The second-order valence-corrected chi connectivity index (χ2v) is 7.82. The van der Waals surface area contributed by atoms with Crippen molar-refractivity contribution in [1.82, 2.24) is 10.2 Å². The Bertz CT molecular complexity index is 440. The summed E-state index contributed by atoms with van der Waals surface area (Å²) >= 11 is 0. The molecule has 0 aromatic rings. The minimum atomic E-state index is -0.597. The van der Waals surface area contributed by atoms with Crippen LogP contribution >= 0.6 is 0 Å². The zero-order chi connectivity index (χ0) is 15.2. The molecule has 3 rings (SSSR count). The minimum absolute atomic E-state index is 0.0783. The van der Waals surface area contributed by atoms with Crippen molar-refractivity contribution in [2.24, 2.45) is 17.8 Å². The largest absolute Gasteiger partial charge is 0.342 e. The third-order valence-electron chi connectivity index (χ3n) is 5.63. The summed E-state index contributed by atoms with van der Waals surface area (Å²) in [7, 11) is 0. The zero-order valence-electron chi connectivity index (χ0n) is 13.5. The Morgan fingerprint density at radius 2 is 1.90 bits per heavy atom. The zero-order valence-corrected chi connectivity index (χ0v) is 13.5. The van der Waals surface area contributed by atoms with Crippen molar-refractivity contribution in [3.63, 3.8) is 0 Å². The van der Waals surface area contributed by atoms with Gasteiger partial charge in [-0.25, -0.2) is 0 Å². The van der Waals surface area contributed by atoms with Gasteiger partial charge in [0.2, 0.25) is 11.8 Å². The SMILES string of the molecule is CC(C)CC1NC(=O)C(C)(C2CC2)N(CC2CCC2)C1=O. The molecule has 1 aliphatic heterocycles. The molecule has 1 N–H and O–H groups in total. The first-order valence-electron chi connectivity index (χ1n) is 8.55. The van der Waals surface area contributed by atoms with Crippen molar-refractivity contribution in [2.45, 2.75) is 70.9 Å². The number of amides is 2. The van der Waals surface area contributed by atoms with Crippen molar-refractivity contribution in [3.05, 3.63) is 0 Å². The first kappa shape index (κ1) is 14.9. The Morgan fingerprint density at radius 1 is 1.24 bits per heavy atom. The maximum atomic E-state index is 12.9. The summed E-state index contributed by atoms with van der Waals surface area (Å²) in [6, 6.07) is -0.315. The van der Waals surface area contributed by atoms with E-state index in [1.54, 1.807) is 0 Å². The molecule has 2 atom stereocenters. The number of carbonyl (C=O) groups is 2. The van der Waals surface area contributed by atoms with E-state index in [4.69, 9.17) is 0 Å².